The highest BCUT2D eigenvalue weighted by molar-refractivity contribution is 9.09. The molecule has 14 rings (SSSR count). The van der Waals surface area contributed by atoms with Crippen molar-refractivity contribution in [2.45, 2.75) is 128 Å². The highest BCUT2D eigenvalue weighted by Gasteiger charge is 2.56. The number of fused-ring (bicyclic) bond motifs is 7. The highest BCUT2D eigenvalue weighted by atomic mass is 79.9. The monoisotopic (exact) mass is 1460 g/mol. The summed E-state index contributed by atoms with van der Waals surface area (Å²) in [5, 5.41) is 31.6. The van der Waals surface area contributed by atoms with E-state index in [1.165, 1.54) is 58.3 Å². The Balaban J connectivity index is 0.000000165. The van der Waals surface area contributed by atoms with Gasteiger partial charge in [0.05, 0.1) is 51.1 Å². The van der Waals surface area contributed by atoms with Crippen molar-refractivity contribution >= 4 is 51.2 Å². The number of esters is 4. The van der Waals surface area contributed by atoms with E-state index in [0.29, 0.717) is 68.5 Å². The molecule has 0 saturated carbocycles. The van der Waals surface area contributed by atoms with E-state index < -0.39 is 11.6 Å². The Morgan fingerprint density at radius 2 is 1.19 bits per heavy atom. The van der Waals surface area contributed by atoms with E-state index in [2.05, 4.69) is 40.9 Å². The molecule has 0 radical (unpaired) electrons. The second-order valence-electron chi connectivity index (χ2n) is 27.4. The molecule has 556 valence electrons. The Morgan fingerprint density at radius 1 is 0.673 bits per heavy atom. The number of hydrogen-bond donors (Lipinski definition) is 4. The molecule has 13 unspecified atom stereocenters. The third kappa shape index (κ3) is 26.1. The van der Waals surface area contributed by atoms with Gasteiger partial charge in [0.25, 0.3) is 0 Å². The fraction of sp³-hybridized carbons (Fsp3) is 0.615. The van der Waals surface area contributed by atoms with Crippen LogP contribution in [0.15, 0.2) is 126 Å². The lowest BCUT2D eigenvalue weighted by Gasteiger charge is -2.36. The number of piperidine rings is 3. The number of nitrogens with zero attached hydrogens (tertiary/aromatic N) is 5. The molecule has 101 heavy (non-hydrogen) atoms. The smallest absolute Gasteiger partial charge is 0.327 e. The summed E-state index contributed by atoms with van der Waals surface area (Å²) in [5.41, 5.74) is 10.8. The van der Waals surface area contributed by atoms with Crippen LogP contribution < -0.4 is 11.1 Å². The molecule has 22 nitrogen and oxygen atoms in total. The zero-order valence-corrected chi connectivity index (χ0v) is 61.7. The first kappa shape index (κ1) is 81.9. The Labute approximate surface area is 607 Å². The number of benzene rings is 4. The molecule has 1 spiro atoms. The minimum atomic E-state index is -0.716. The molecule has 0 amide bonds. The van der Waals surface area contributed by atoms with Gasteiger partial charge in [-0.05, 0) is 165 Å². The summed E-state index contributed by atoms with van der Waals surface area (Å²) in [5.74, 6) is 3.08. The predicted octanol–water partition coefficient (Wildman–Crippen LogP) is 9.69. The first-order valence-electron chi connectivity index (χ1n) is 36.8. The van der Waals surface area contributed by atoms with E-state index in [9.17, 15) is 29.3 Å². The molecule has 23 heteroatoms. The van der Waals surface area contributed by atoms with Crippen LogP contribution in [-0.4, -0.2) is 227 Å². The summed E-state index contributed by atoms with van der Waals surface area (Å²) in [6.07, 6.45) is 12.7. The molecule has 10 aliphatic heterocycles. The predicted molar refractivity (Wildman–Crippen MR) is 395 cm³/mol. The quantitative estimate of drug-likeness (QED) is 0.0160. The largest absolute Gasteiger partial charge is 0.465 e. The minimum absolute atomic E-state index is 0.0142. The zero-order valence-electron chi connectivity index (χ0n) is 60.2. The molecule has 10 aliphatic rings. The molecule has 0 aromatic heterocycles. The fourth-order valence-corrected chi connectivity index (χ4v) is 15.4. The summed E-state index contributed by atoms with van der Waals surface area (Å²) in [6.45, 7) is 23.3. The molecular weight excluding hydrogens is 1350 g/mol. The molecule has 10 heterocycles. The second-order valence-corrected chi connectivity index (χ2v) is 28.0. The molecule has 10 saturated heterocycles. The van der Waals surface area contributed by atoms with Gasteiger partial charge >= 0.3 is 23.9 Å². The number of nitrogens with one attached hydrogen (secondary N) is 2. The number of nitro groups is 1. The minimum Gasteiger partial charge on any atom is -0.465 e. The topological polar surface area (TPSA) is 280 Å². The van der Waals surface area contributed by atoms with Gasteiger partial charge in [0.15, 0.2) is 0 Å². The maximum Gasteiger partial charge on any atom is 0.327 e. The summed E-state index contributed by atoms with van der Waals surface area (Å²) in [7, 11) is 0. The number of halogens is 1. The van der Waals surface area contributed by atoms with E-state index in [-0.39, 0.29) is 54.4 Å². The summed E-state index contributed by atoms with van der Waals surface area (Å²) in [6, 6.07) is 38.8. The highest BCUT2D eigenvalue weighted by Crippen LogP contribution is 2.45. The average Bonchev–Trinajstić information content (AvgIpc) is 1.62. The lowest BCUT2D eigenvalue weighted by Crippen LogP contribution is -2.53. The third-order valence-electron chi connectivity index (χ3n) is 20.2. The molecule has 4 aromatic rings. The standard InChI is InChI=1S/C17H17NO2.C13H11N.C11H18N2O4.C9H16N2.C9H17NO3.C9H15NO2.C5H9BrO.C5H10O2/c1-2-20-16(19)13-18-17(14-9-5-3-6-10-14)15-11-7-4-8-12-15;14-13(11-7-3-1-4-8-11)12-9-5-2-6-10-12;1-2-17-10(14)11(4-6-13(15)16)7-9-3-5-12(11)8-9;1-4-11-6-8(1)5-9(11)2-3-10-7-9;1-2-13-9(11)8(10)5-7-3-4-12-6-7;1-2-12-9(11)8-5-7-3-4-10(8)6-7;2*6-3-5-1-2-7-4-5/h3-12H,2,13H2,1H3;1-10,14H;9H,2-8H2,1H3;8,10H,1-7H2;7-8H,2-6,10H2,1H3;7-8H,2-6H2,1H3;5H,1-4H2;5-6H,1-4H2. The molecule has 5 N–H and O–H groups in total. The number of aliphatic hydroxyl groups excluding tert-OH is 1. The molecule has 10 fully saturated rings. The molecule has 6 bridgehead atoms. The average molecular weight is 1470 g/mol. The van der Waals surface area contributed by atoms with E-state index in [1.807, 2.05) is 128 Å². The van der Waals surface area contributed by atoms with Crippen molar-refractivity contribution in [3.05, 3.63) is 154 Å². The third-order valence-corrected chi connectivity index (χ3v) is 21.1. The number of rotatable bonds is 20. The lowest BCUT2D eigenvalue weighted by atomic mass is 9.85. The summed E-state index contributed by atoms with van der Waals surface area (Å²) >= 11 is 3.40. The zero-order chi connectivity index (χ0) is 72.2. The maximum atomic E-state index is 12.1. The van der Waals surface area contributed by atoms with Crippen LogP contribution in [0.2, 0.25) is 0 Å². The number of nitrogens with two attached hydrogens (primary N) is 1. The van der Waals surface area contributed by atoms with Gasteiger partial charge in [0, 0.05) is 98.5 Å². The number of hydrogen-bond acceptors (Lipinski definition) is 21. The van der Waals surface area contributed by atoms with Crippen molar-refractivity contribution in [1.82, 2.24) is 20.0 Å². The number of aliphatic hydroxyl groups is 1. The van der Waals surface area contributed by atoms with E-state index in [0.717, 1.165) is 149 Å². The molecule has 4 aromatic carbocycles. The van der Waals surface area contributed by atoms with Gasteiger partial charge in [-0.15, -0.1) is 0 Å². The first-order chi connectivity index (χ1) is 49.1. The number of ether oxygens (including phenoxy) is 7. The van der Waals surface area contributed by atoms with E-state index >= 15 is 0 Å². The van der Waals surface area contributed by atoms with Crippen LogP contribution in [0.3, 0.4) is 0 Å². The second kappa shape index (κ2) is 44.3. The van der Waals surface area contributed by atoms with Gasteiger partial charge in [0.2, 0.25) is 6.54 Å². The van der Waals surface area contributed by atoms with E-state index in [4.69, 9.17) is 49.4 Å². The number of alkyl halides is 1. The van der Waals surface area contributed by atoms with Crippen LogP contribution >= 0.6 is 15.9 Å². The van der Waals surface area contributed by atoms with Crippen LogP contribution in [0.4, 0.5) is 0 Å². The van der Waals surface area contributed by atoms with Crippen molar-refractivity contribution in [3.63, 3.8) is 0 Å². The number of carbonyl (C=O) groups excluding carboxylic acids is 4. The summed E-state index contributed by atoms with van der Waals surface area (Å²) < 4.78 is 35.1. The van der Waals surface area contributed by atoms with Crippen molar-refractivity contribution in [3.8, 4) is 0 Å². The molecule has 0 aliphatic carbocycles. The summed E-state index contributed by atoms with van der Waals surface area (Å²) in [4.78, 5) is 67.7. The van der Waals surface area contributed by atoms with Crippen molar-refractivity contribution in [2.24, 2.45) is 46.2 Å². The van der Waals surface area contributed by atoms with Gasteiger partial charge in [-0.3, -0.25) is 54.4 Å². The van der Waals surface area contributed by atoms with Gasteiger partial charge in [-0.2, -0.15) is 0 Å². The molecule has 13 atom stereocenters. The Hall–Kier alpha value is -6.38. The fourth-order valence-electron chi connectivity index (χ4n) is 14.8. The maximum absolute atomic E-state index is 12.1. The van der Waals surface area contributed by atoms with Crippen LogP contribution in [0.5, 0.6) is 0 Å². The van der Waals surface area contributed by atoms with Crippen molar-refractivity contribution < 1.29 is 62.4 Å². The number of carbonyl (C=O) groups is 4. The van der Waals surface area contributed by atoms with Gasteiger partial charge < -0.3 is 49.3 Å². The van der Waals surface area contributed by atoms with E-state index in [1.54, 1.807) is 20.8 Å². The normalized spacial score (nSPS) is 27.2. The lowest BCUT2D eigenvalue weighted by molar-refractivity contribution is -0.482. The first-order valence-corrected chi connectivity index (χ1v) is 37.9. The Morgan fingerprint density at radius 3 is 1.58 bits per heavy atom. The van der Waals surface area contributed by atoms with Crippen LogP contribution in [0, 0.1) is 51.0 Å². The van der Waals surface area contributed by atoms with Crippen LogP contribution in [-0.2, 0) is 52.3 Å². The van der Waals surface area contributed by atoms with Crippen LogP contribution in [0.25, 0.3) is 0 Å². The van der Waals surface area contributed by atoms with Crippen molar-refractivity contribution in [2.75, 3.05) is 143 Å². The molecular formula is C78H113BrN8O14. The van der Waals surface area contributed by atoms with Crippen molar-refractivity contribution in [1.29, 1.82) is 5.41 Å². The van der Waals surface area contributed by atoms with Gasteiger partial charge in [-0.25, -0.2) is 0 Å². The van der Waals surface area contributed by atoms with Crippen LogP contribution in [0.1, 0.15) is 127 Å². The SMILES string of the molecule is BrCC1CCOC1.C1CC2(CN1)CC1CCN2C1.CCOC(=O)C(N)CC1CCOC1.CCOC(=O)C1(CC[N+](=O)[O-])CC2CCN1C2.CCOC(=O)C1CC2CCN1C2.CCOC(=O)CN=C(c1ccccc1)c1ccccc1.N=C(c1ccccc1)c1ccccc1.OCC1CCOC1. The number of aliphatic imine (C=N–C) groups is 1. The Bertz CT molecular complexity index is 3000. The van der Waals surface area contributed by atoms with Gasteiger partial charge in [0.1, 0.15) is 24.2 Å². The Kier molecular flexibility index (Phi) is 35.9. The van der Waals surface area contributed by atoms with Gasteiger partial charge in [-0.1, -0.05) is 137 Å².